The number of likely N-dealkylation sites (tertiary alicyclic amines) is 1. The van der Waals surface area contributed by atoms with Crippen molar-refractivity contribution in [2.24, 2.45) is 0 Å². The normalized spacial score (nSPS) is 17.2. The van der Waals surface area contributed by atoms with E-state index in [2.05, 4.69) is 10.6 Å². The van der Waals surface area contributed by atoms with Gasteiger partial charge in [-0.1, -0.05) is 37.3 Å². The van der Waals surface area contributed by atoms with Crippen LogP contribution in [0.3, 0.4) is 0 Å². The maximum Gasteiger partial charge on any atom is 0.262 e. The van der Waals surface area contributed by atoms with Crippen molar-refractivity contribution in [2.75, 3.05) is 25.0 Å². The highest BCUT2D eigenvalue weighted by Gasteiger charge is 2.29. The quantitative estimate of drug-likeness (QED) is 0.777. The van der Waals surface area contributed by atoms with Crippen LogP contribution in [0.2, 0.25) is 0 Å². The summed E-state index contributed by atoms with van der Waals surface area (Å²) in [6.45, 7) is 3.25. The molecule has 2 aliphatic rings. The number of fused-ring (bicyclic) bond motifs is 1. The Morgan fingerprint density at radius 1 is 1.16 bits per heavy atom. The van der Waals surface area contributed by atoms with Crippen LogP contribution in [0.4, 0.5) is 5.69 Å². The average Bonchev–Trinajstić information content (AvgIpc) is 2.80. The zero-order chi connectivity index (χ0) is 21.8. The fourth-order valence-electron chi connectivity index (χ4n) is 4.19. The number of carbonyl (C=O) groups excluding carboxylic acids is 3. The second kappa shape index (κ2) is 9.20. The Kier molecular flexibility index (Phi) is 6.21. The van der Waals surface area contributed by atoms with Crippen molar-refractivity contribution in [3.05, 3.63) is 59.7 Å². The second-order valence-electron chi connectivity index (χ2n) is 7.99. The number of anilines is 1. The van der Waals surface area contributed by atoms with E-state index in [1.54, 1.807) is 18.2 Å². The van der Waals surface area contributed by atoms with Gasteiger partial charge >= 0.3 is 0 Å². The molecule has 7 heteroatoms. The number of benzene rings is 2. The molecule has 0 aliphatic carbocycles. The van der Waals surface area contributed by atoms with Gasteiger partial charge in [-0.05, 0) is 43.0 Å². The molecule has 3 amide bonds. The van der Waals surface area contributed by atoms with Gasteiger partial charge in [0.05, 0.1) is 11.6 Å². The van der Waals surface area contributed by atoms with Crippen LogP contribution in [0.5, 0.6) is 5.75 Å². The van der Waals surface area contributed by atoms with Gasteiger partial charge in [-0.25, -0.2) is 0 Å². The SMILES string of the molecule is CCC(C(=O)N1CCC(NC(=O)c2ccc3c(c2)OCC(=O)N3)CC1)c1ccccc1. The predicted octanol–water partition coefficient (Wildman–Crippen LogP) is 2.93. The lowest BCUT2D eigenvalue weighted by Crippen LogP contribution is -2.47. The van der Waals surface area contributed by atoms with Crippen molar-refractivity contribution >= 4 is 23.4 Å². The van der Waals surface area contributed by atoms with Crippen LogP contribution < -0.4 is 15.4 Å². The van der Waals surface area contributed by atoms with Gasteiger partial charge in [-0.3, -0.25) is 14.4 Å². The van der Waals surface area contributed by atoms with Crippen LogP contribution >= 0.6 is 0 Å². The fourth-order valence-corrected chi connectivity index (χ4v) is 4.19. The van der Waals surface area contributed by atoms with Crippen molar-refractivity contribution in [3.8, 4) is 5.75 Å². The minimum atomic E-state index is -0.205. The Hall–Kier alpha value is -3.35. The van der Waals surface area contributed by atoms with Crippen LogP contribution in [0.25, 0.3) is 0 Å². The lowest BCUT2D eigenvalue weighted by atomic mass is 9.93. The van der Waals surface area contributed by atoms with E-state index >= 15 is 0 Å². The van der Waals surface area contributed by atoms with Gasteiger partial charge in [-0.2, -0.15) is 0 Å². The highest BCUT2D eigenvalue weighted by molar-refractivity contribution is 5.99. The van der Waals surface area contributed by atoms with E-state index in [0.29, 0.717) is 30.1 Å². The number of hydrogen-bond donors (Lipinski definition) is 2. The van der Waals surface area contributed by atoms with E-state index in [-0.39, 0.29) is 36.3 Å². The van der Waals surface area contributed by atoms with Gasteiger partial charge in [0, 0.05) is 24.7 Å². The molecule has 0 aromatic heterocycles. The molecular weight excluding hydrogens is 394 g/mol. The van der Waals surface area contributed by atoms with Gasteiger partial charge in [-0.15, -0.1) is 0 Å². The first-order valence-electron chi connectivity index (χ1n) is 10.8. The first kappa shape index (κ1) is 20.9. The van der Waals surface area contributed by atoms with E-state index in [4.69, 9.17) is 4.74 Å². The Bertz CT molecular complexity index is 968. The molecule has 2 aromatic carbocycles. The van der Waals surface area contributed by atoms with Gasteiger partial charge in [0.15, 0.2) is 6.61 Å². The summed E-state index contributed by atoms with van der Waals surface area (Å²) in [4.78, 5) is 39.0. The Balaban J connectivity index is 1.32. The summed E-state index contributed by atoms with van der Waals surface area (Å²) in [6.07, 6.45) is 2.21. The molecule has 2 aromatic rings. The molecule has 2 N–H and O–H groups in total. The first-order valence-corrected chi connectivity index (χ1v) is 10.8. The predicted molar refractivity (Wildman–Crippen MR) is 117 cm³/mol. The number of nitrogens with zero attached hydrogens (tertiary/aromatic N) is 1. The molecule has 4 rings (SSSR count). The molecule has 1 saturated heterocycles. The molecule has 31 heavy (non-hydrogen) atoms. The van der Waals surface area contributed by atoms with E-state index in [9.17, 15) is 14.4 Å². The summed E-state index contributed by atoms with van der Waals surface area (Å²) in [7, 11) is 0. The lowest BCUT2D eigenvalue weighted by molar-refractivity contribution is -0.134. The molecule has 2 heterocycles. The molecule has 7 nitrogen and oxygen atoms in total. The van der Waals surface area contributed by atoms with E-state index < -0.39 is 0 Å². The maximum absolute atomic E-state index is 13.0. The maximum atomic E-state index is 13.0. The zero-order valence-electron chi connectivity index (χ0n) is 17.6. The monoisotopic (exact) mass is 421 g/mol. The van der Waals surface area contributed by atoms with Gasteiger partial charge in [0.2, 0.25) is 5.91 Å². The topological polar surface area (TPSA) is 87.7 Å². The molecule has 0 spiro atoms. The Morgan fingerprint density at radius 3 is 2.61 bits per heavy atom. The molecule has 2 aliphatic heterocycles. The highest BCUT2D eigenvalue weighted by atomic mass is 16.5. The number of carbonyl (C=O) groups is 3. The zero-order valence-corrected chi connectivity index (χ0v) is 17.6. The summed E-state index contributed by atoms with van der Waals surface area (Å²) < 4.78 is 5.39. The minimum Gasteiger partial charge on any atom is -0.482 e. The minimum absolute atomic E-state index is 0.0185. The van der Waals surface area contributed by atoms with Gasteiger partial charge < -0.3 is 20.3 Å². The summed E-state index contributed by atoms with van der Waals surface area (Å²) in [6, 6.07) is 14.9. The number of ether oxygens (including phenoxy) is 1. The van der Waals surface area contributed by atoms with Crippen molar-refractivity contribution in [2.45, 2.75) is 38.1 Å². The molecule has 0 bridgehead atoms. The van der Waals surface area contributed by atoms with Crippen molar-refractivity contribution < 1.29 is 19.1 Å². The number of nitrogens with one attached hydrogen (secondary N) is 2. The van der Waals surface area contributed by atoms with Crippen molar-refractivity contribution in [1.29, 1.82) is 0 Å². The molecule has 0 radical (unpaired) electrons. The van der Waals surface area contributed by atoms with Crippen molar-refractivity contribution in [1.82, 2.24) is 10.2 Å². The van der Waals surface area contributed by atoms with Crippen LogP contribution in [-0.2, 0) is 9.59 Å². The smallest absolute Gasteiger partial charge is 0.262 e. The van der Waals surface area contributed by atoms with E-state index in [1.165, 1.54) is 0 Å². The third kappa shape index (κ3) is 4.71. The largest absolute Gasteiger partial charge is 0.482 e. The Morgan fingerprint density at radius 2 is 1.90 bits per heavy atom. The fraction of sp³-hybridized carbons (Fsp3) is 0.375. The van der Waals surface area contributed by atoms with E-state index in [0.717, 1.165) is 24.8 Å². The van der Waals surface area contributed by atoms with Crippen LogP contribution in [0, 0.1) is 0 Å². The highest BCUT2D eigenvalue weighted by Crippen LogP contribution is 2.29. The second-order valence-corrected chi connectivity index (χ2v) is 7.99. The van der Waals surface area contributed by atoms with Crippen LogP contribution in [0.1, 0.15) is 48.0 Å². The van der Waals surface area contributed by atoms with Crippen LogP contribution in [0.15, 0.2) is 48.5 Å². The summed E-state index contributed by atoms with van der Waals surface area (Å²) in [5, 5.41) is 5.78. The summed E-state index contributed by atoms with van der Waals surface area (Å²) in [5.74, 6) is 0.155. The van der Waals surface area contributed by atoms with Crippen LogP contribution in [-0.4, -0.2) is 48.4 Å². The molecule has 1 fully saturated rings. The number of hydrogen-bond acceptors (Lipinski definition) is 4. The average molecular weight is 421 g/mol. The van der Waals surface area contributed by atoms with Crippen molar-refractivity contribution in [3.63, 3.8) is 0 Å². The number of piperidine rings is 1. The molecular formula is C24H27N3O4. The van der Waals surface area contributed by atoms with E-state index in [1.807, 2.05) is 42.2 Å². The summed E-state index contributed by atoms with van der Waals surface area (Å²) >= 11 is 0. The first-order chi connectivity index (χ1) is 15.0. The molecule has 162 valence electrons. The summed E-state index contributed by atoms with van der Waals surface area (Å²) in [5.41, 5.74) is 2.11. The molecule has 1 unspecified atom stereocenters. The third-order valence-corrected chi connectivity index (χ3v) is 5.93. The number of amides is 3. The lowest BCUT2D eigenvalue weighted by Gasteiger charge is -2.34. The molecule has 1 atom stereocenters. The van der Waals surface area contributed by atoms with Gasteiger partial charge in [0.25, 0.3) is 11.8 Å². The third-order valence-electron chi connectivity index (χ3n) is 5.93. The van der Waals surface area contributed by atoms with Gasteiger partial charge in [0.1, 0.15) is 5.75 Å². The number of rotatable bonds is 5. The molecule has 0 saturated carbocycles. The standard InChI is InChI=1S/C24H27N3O4/c1-2-19(16-6-4-3-5-7-16)24(30)27-12-10-18(11-13-27)25-23(29)17-8-9-20-21(14-17)31-15-22(28)26-20/h3-9,14,18-19H,2,10-13,15H2,1H3,(H,25,29)(H,26,28). The Labute approximate surface area is 181 Å².